The number of benzene rings is 1. The fourth-order valence-corrected chi connectivity index (χ4v) is 2.11. The van der Waals surface area contributed by atoms with E-state index in [0.29, 0.717) is 6.42 Å². The van der Waals surface area contributed by atoms with E-state index in [4.69, 9.17) is 11.0 Å². The molecule has 0 aliphatic heterocycles. The number of unbranched alkanes of at least 4 members (excludes halogenated alkanes) is 1. The summed E-state index contributed by atoms with van der Waals surface area (Å²) < 4.78 is 0. The maximum Gasteiger partial charge on any atom is 0.0622 e. The summed E-state index contributed by atoms with van der Waals surface area (Å²) in [5, 5.41) is 8.38. The lowest BCUT2D eigenvalue weighted by molar-refractivity contribution is 0.981. The average molecular weight is 206 g/mol. The van der Waals surface area contributed by atoms with E-state index in [2.05, 4.69) is 19.1 Å². The Balaban J connectivity index is 2.50. The van der Waals surface area contributed by atoms with E-state index in [0.717, 1.165) is 22.8 Å². The van der Waals surface area contributed by atoms with Gasteiger partial charge < -0.3 is 5.73 Å². The van der Waals surface area contributed by atoms with Crippen molar-refractivity contribution in [3.8, 4) is 6.07 Å². The summed E-state index contributed by atoms with van der Waals surface area (Å²) in [7, 11) is 0. The molecule has 14 heavy (non-hydrogen) atoms. The van der Waals surface area contributed by atoms with Crippen LogP contribution in [0.15, 0.2) is 23.1 Å². The first-order valence-electron chi connectivity index (χ1n) is 4.60. The van der Waals surface area contributed by atoms with Gasteiger partial charge in [-0.25, -0.2) is 0 Å². The molecule has 0 unspecified atom stereocenters. The molecule has 0 heterocycles. The van der Waals surface area contributed by atoms with Gasteiger partial charge in [-0.3, -0.25) is 0 Å². The third-order valence-electron chi connectivity index (χ3n) is 1.86. The summed E-state index contributed by atoms with van der Waals surface area (Å²) in [4.78, 5) is 1.13. The van der Waals surface area contributed by atoms with Crippen LogP contribution in [0.25, 0.3) is 0 Å². The van der Waals surface area contributed by atoms with Gasteiger partial charge in [-0.05, 0) is 36.8 Å². The molecule has 0 fully saturated rings. The molecule has 2 nitrogen and oxygen atoms in total. The molecule has 0 spiro atoms. The van der Waals surface area contributed by atoms with E-state index in [1.807, 2.05) is 12.1 Å². The fourth-order valence-electron chi connectivity index (χ4n) is 1.10. The number of hydrogen-bond donors (Lipinski definition) is 1. The third kappa shape index (κ3) is 3.31. The highest BCUT2D eigenvalue weighted by atomic mass is 32.2. The number of rotatable bonds is 4. The van der Waals surface area contributed by atoms with Crippen molar-refractivity contribution in [1.82, 2.24) is 0 Å². The van der Waals surface area contributed by atoms with E-state index in [-0.39, 0.29) is 0 Å². The highest BCUT2D eigenvalue weighted by Gasteiger charge is 1.99. The van der Waals surface area contributed by atoms with Gasteiger partial charge in [0.25, 0.3) is 0 Å². The molecular formula is C11H14N2S. The number of aryl methyl sites for hydroxylation is 1. The molecule has 0 radical (unpaired) electrons. The molecule has 0 saturated heterocycles. The first-order chi connectivity index (χ1) is 6.74. The van der Waals surface area contributed by atoms with Crippen LogP contribution in [-0.2, 0) is 0 Å². The molecule has 0 bridgehead atoms. The Morgan fingerprint density at radius 3 is 3.00 bits per heavy atom. The Morgan fingerprint density at radius 1 is 1.50 bits per heavy atom. The quantitative estimate of drug-likeness (QED) is 0.468. The van der Waals surface area contributed by atoms with E-state index in [1.54, 1.807) is 11.8 Å². The van der Waals surface area contributed by atoms with Crippen LogP contribution in [0.4, 0.5) is 5.69 Å². The lowest BCUT2D eigenvalue weighted by atomic mass is 10.2. The molecule has 1 aromatic carbocycles. The van der Waals surface area contributed by atoms with Crippen molar-refractivity contribution in [2.45, 2.75) is 24.7 Å². The Kier molecular flexibility index (Phi) is 4.34. The van der Waals surface area contributed by atoms with Gasteiger partial charge in [0.1, 0.15) is 0 Å². The van der Waals surface area contributed by atoms with Crippen molar-refractivity contribution < 1.29 is 0 Å². The van der Waals surface area contributed by atoms with Crippen LogP contribution >= 0.6 is 11.8 Å². The highest BCUT2D eigenvalue weighted by Crippen LogP contribution is 2.26. The summed E-state index contributed by atoms with van der Waals surface area (Å²) >= 11 is 1.73. The van der Waals surface area contributed by atoms with Crippen LogP contribution in [0, 0.1) is 18.3 Å². The van der Waals surface area contributed by atoms with Crippen LogP contribution in [0.1, 0.15) is 18.4 Å². The molecule has 0 aromatic heterocycles. The monoisotopic (exact) mass is 206 g/mol. The second-order valence-electron chi connectivity index (χ2n) is 3.15. The van der Waals surface area contributed by atoms with Crippen molar-refractivity contribution >= 4 is 17.4 Å². The van der Waals surface area contributed by atoms with E-state index >= 15 is 0 Å². The average Bonchev–Trinajstić information content (AvgIpc) is 2.18. The summed E-state index contributed by atoms with van der Waals surface area (Å²) in [6.07, 6.45) is 1.55. The molecular weight excluding hydrogens is 192 g/mol. The molecule has 0 saturated carbocycles. The van der Waals surface area contributed by atoms with Gasteiger partial charge in [0.15, 0.2) is 0 Å². The molecule has 74 valence electrons. The fraction of sp³-hybridized carbons (Fsp3) is 0.364. The van der Waals surface area contributed by atoms with Crippen LogP contribution in [0.2, 0.25) is 0 Å². The van der Waals surface area contributed by atoms with Gasteiger partial charge in [0.2, 0.25) is 0 Å². The van der Waals surface area contributed by atoms with Crippen molar-refractivity contribution in [2.24, 2.45) is 0 Å². The Bertz CT molecular complexity index is 342. The summed E-state index contributed by atoms with van der Waals surface area (Å²) in [5.74, 6) is 0.960. The predicted octanol–water partition coefficient (Wildman–Crippen LogP) is 2.97. The zero-order valence-electron chi connectivity index (χ0n) is 8.29. The third-order valence-corrected chi connectivity index (χ3v) is 3.02. The van der Waals surface area contributed by atoms with Gasteiger partial charge in [0, 0.05) is 17.0 Å². The van der Waals surface area contributed by atoms with E-state index in [1.165, 1.54) is 5.56 Å². The maximum absolute atomic E-state index is 8.38. The van der Waals surface area contributed by atoms with Crippen molar-refractivity contribution in [3.05, 3.63) is 23.8 Å². The molecule has 0 aliphatic carbocycles. The van der Waals surface area contributed by atoms with Gasteiger partial charge in [-0.1, -0.05) is 6.07 Å². The van der Waals surface area contributed by atoms with Crippen molar-refractivity contribution in [3.63, 3.8) is 0 Å². The molecule has 3 heteroatoms. The minimum atomic E-state index is 0.624. The number of anilines is 1. The zero-order valence-corrected chi connectivity index (χ0v) is 9.10. The van der Waals surface area contributed by atoms with Gasteiger partial charge in [-0.2, -0.15) is 5.26 Å². The number of nitrogens with zero attached hydrogens (tertiary/aromatic N) is 1. The second kappa shape index (κ2) is 5.56. The number of hydrogen-bond acceptors (Lipinski definition) is 3. The lowest BCUT2D eigenvalue weighted by Gasteiger charge is -2.05. The van der Waals surface area contributed by atoms with Gasteiger partial charge >= 0.3 is 0 Å². The minimum Gasteiger partial charge on any atom is -0.398 e. The molecule has 1 rings (SSSR count). The highest BCUT2D eigenvalue weighted by molar-refractivity contribution is 7.99. The first kappa shape index (κ1) is 10.9. The van der Waals surface area contributed by atoms with Crippen LogP contribution in [-0.4, -0.2) is 5.75 Å². The van der Waals surface area contributed by atoms with Crippen LogP contribution in [0.3, 0.4) is 0 Å². The number of nitrogen functional groups attached to an aromatic ring is 1. The number of thioether (sulfide) groups is 1. The molecule has 0 amide bonds. The predicted molar refractivity (Wildman–Crippen MR) is 61.2 cm³/mol. The number of nitrogens with two attached hydrogens (primary N) is 1. The minimum absolute atomic E-state index is 0.624. The topological polar surface area (TPSA) is 49.8 Å². The smallest absolute Gasteiger partial charge is 0.0622 e. The van der Waals surface area contributed by atoms with Crippen molar-refractivity contribution in [2.75, 3.05) is 11.5 Å². The van der Waals surface area contributed by atoms with Crippen LogP contribution < -0.4 is 5.73 Å². The van der Waals surface area contributed by atoms with Crippen LogP contribution in [0.5, 0.6) is 0 Å². The first-order valence-corrected chi connectivity index (χ1v) is 5.58. The molecule has 2 N–H and O–H groups in total. The standard InChI is InChI=1S/C11H14N2S/c1-9-4-5-10(13)11(8-9)14-7-3-2-6-12/h4-5,8H,2-3,7,13H2,1H3. The Hall–Kier alpha value is -1.14. The van der Waals surface area contributed by atoms with E-state index in [9.17, 15) is 0 Å². The van der Waals surface area contributed by atoms with Gasteiger partial charge in [0.05, 0.1) is 6.07 Å². The normalized spacial score (nSPS) is 9.71. The largest absolute Gasteiger partial charge is 0.398 e. The van der Waals surface area contributed by atoms with Gasteiger partial charge in [-0.15, -0.1) is 11.8 Å². The SMILES string of the molecule is Cc1ccc(N)c(SCCCC#N)c1. The summed E-state index contributed by atoms with van der Waals surface area (Å²) in [5.41, 5.74) is 7.87. The molecule has 0 atom stereocenters. The maximum atomic E-state index is 8.38. The zero-order chi connectivity index (χ0) is 10.4. The van der Waals surface area contributed by atoms with E-state index < -0.39 is 0 Å². The second-order valence-corrected chi connectivity index (χ2v) is 4.29. The Labute approximate surface area is 89.1 Å². The lowest BCUT2D eigenvalue weighted by Crippen LogP contribution is -1.90. The number of nitriles is 1. The Morgan fingerprint density at radius 2 is 2.29 bits per heavy atom. The molecule has 1 aromatic rings. The summed E-state index contributed by atoms with van der Waals surface area (Å²) in [6.45, 7) is 2.05. The van der Waals surface area contributed by atoms with Crippen molar-refractivity contribution in [1.29, 1.82) is 5.26 Å². The summed E-state index contributed by atoms with van der Waals surface area (Å²) in [6, 6.07) is 8.17. The molecule has 0 aliphatic rings.